The molecule has 21 heavy (non-hydrogen) atoms. The smallest absolute Gasteiger partial charge is 0.242 e. The van der Waals surface area contributed by atoms with Gasteiger partial charge in [0.15, 0.2) is 0 Å². The van der Waals surface area contributed by atoms with Crippen molar-refractivity contribution in [3.8, 4) is 0 Å². The van der Waals surface area contributed by atoms with Gasteiger partial charge in [0.05, 0.1) is 11.6 Å². The number of carbonyl (C=O) groups is 1. The number of nitrogens with zero attached hydrogens (tertiary/aromatic N) is 2. The molecule has 5 nitrogen and oxygen atoms in total. The van der Waals surface area contributed by atoms with Crippen LogP contribution in [0.4, 0.5) is 0 Å². The van der Waals surface area contributed by atoms with Gasteiger partial charge in [0.25, 0.3) is 0 Å². The maximum absolute atomic E-state index is 12.7. The molecule has 1 saturated carbocycles. The average molecular weight is 295 g/mol. The minimum Gasteiger partial charge on any atom is -0.377 e. The van der Waals surface area contributed by atoms with Gasteiger partial charge in [-0.05, 0) is 38.6 Å². The fourth-order valence-corrected chi connectivity index (χ4v) is 3.97. The fourth-order valence-electron chi connectivity index (χ4n) is 3.97. The van der Waals surface area contributed by atoms with E-state index >= 15 is 0 Å². The molecule has 1 aliphatic carbocycles. The first-order valence-electron chi connectivity index (χ1n) is 8.60. The van der Waals surface area contributed by atoms with Crippen LogP contribution in [0.15, 0.2) is 0 Å². The molecule has 1 unspecified atom stereocenters. The first kappa shape index (κ1) is 15.3. The van der Waals surface area contributed by atoms with Crippen molar-refractivity contribution in [2.75, 3.05) is 39.3 Å². The number of nitrogens with two attached hydrogens (primary N) is 1. The monoisotopic (exact) mass is 295 g/mol. The molecule has 3 fully saturated rings. The predicted molar refractivity (Wildman–Crippen MR) is 82.0 cm³/mol. The molecule has 2 N–H and O–H groups in total. The van der Waals surface area contributed by atoms with Gasteiger partial charge >= 0.3 is 0 Å². The minimum atomic E-state index is -0.566. The Morgan fingerprint density at radius 1 is 1.10 bits per heavy atom. The zero-order chi connectivity index (χ0) is 14.7. The SMILES string of the molecule is NC1(C(=O)N2CCCN(CC3CCCO3)CC2)CCCC1. The van der Waals surface area contributed by atoms with Crippen LogP contribution >= 0.6 is 0 Å². The number of ether oxygens (including phenoxy) is 1. The molecular weight excluding hydrogens is 266 g/mol. The van der Waals surface area contributed by atoms with Crippen molar-refractivity contribution in [1.29, 1.82) is 0 Å². The second kappa shape index (κ2) is 6.63. The van der Waals surface area contributed by atoms with Crippen LogP contribution in [0.5, 0.6) is 0 Å². The van der Waals surface area contributed by atoms with Crippen molar-refractivity contribution < 1.29 is 9.53 Å². The number of rotatable bonds is 3. The summed E-state index contributed by atoms with van der Waals surface area (Å²) >= 11 is 0. The summed E-state index contributed by atoms with van der Waals surface area (Å²) in [5, 5.41) is 0. The van der Waals surface area contributed by atoms with E-state index in [4.69, 9.17) is 10.5 Å². The van der Waals surface area contributed by atoms with E-state index in [0.29, 0.717) is 6.10 Å². The molecule has 3 aliphatic rings. The summed E-state index contributed by atoms with van der Waals surface area (Å²) in [6.07, 6.45) is 7.76. The Hall–Kier alpha value is -0.650. The highest BCUT2D eigenvalue weighted by molar-refractivity contribution is 5.86. The van der Waals surface area contributed by atoms with Gasteiger partial charge in [-0.3, -0.25) is 9.69 Å². The molecule has 2 aliphatic heterocycles. The zero-order valence-electron chi connectivity index (χ0n) is 13.1. The summed E-state index contributed by atoms with van der Waals surface area (Å²) in [7, 11) is 0. The van der Waals surface area contributed by atoms with E-state index in [1.165, 1.54) is 12.8 Å². The van der Waals surface area contributed by atoms with Crippen molar-refractivity contribution >= 4 is 5.91 Å². The quantitative estimate of drug-likeness (QED) is 0.843. The van der Waals surface area contributed by atoms with Gasteiger partial charge in [-0.2, -0.15) is 0 Å². The Morgan fingerprint density at radius 2 is 1.90 bits per heavy atom. The second-order valence-electron chi connectivity index (χ2n) is 6.94. The van der Waals surface area contributed by atoms with Crippen LogP contribution in [0.25, 0.3) is 0 Å². The molecule has 0 aromatic heterocycles. The summed E-state index contributed by atoms with van der Waals surface area (Å²) in [5.74, 6) is 0.193. The van der Waals surface area contributed by atoms with Crippen molar-refractivity contribution in [2.24, 2.45) is 5.73 Å². The van der Waals surface area contributed by atoms with Gasteiger partial charge in [0.1, 0.15) is 0 Å². The predicted octanol–water partition coefficient (Wildman–Crippen LogP) is 0.971. The van der Waals surface area contributed by atoms with Crippen LogP contribution in [-0.2, 0) is 9.53 Å². The highest BCUT2D eigenvalue weighted by Crippen LogP contribution is 2.29. The lowest BCUT2D eigenvalue weighted by Gasteiger charge is -2.31. The van der Waals surface area contributed by atoms with Crippen LogP contribution in [0.1, 0.15) is 44.9 Å². The Morgan fingerprint density at radius 3 is 2.62 bits per heavy atom. The number of amides is 1. The third-order valence-electron chi connectivity index (χ3n) is 5.28. The molecule has 0 bridgehead atoms. The molecule has 0 aromatic rings. The minimum absolute atomic E-state index is 0.193. The summed E-state index contributed by atoms with van der Waals surface area (Å²) < 4.78 is 5.73. The summed E-state index contributed by atoms with van der Waals surface area (Å²) in [4.78, 5) is 17.2. The third kappa shape index (κ3) is 3.58. The lowest BCUT2D eigenvalue weighted by atomic mass is 9.97. The first-order valence-corrected chi connectivity index (χ1v) is 8.60. The number of hydrogen-bond donors (Lipinski definition) is 1. The van der Waals surface area contributed by atoms with Crippen LogP contribution in [0.2, 0.25) is 0 Å². The highest BCUT2D eigenvalue weighted by Gasteiger charge is 2.40. The second-order valence-corrected chi connectivity index (χ2v) is 6.94. The molecule has 2 heterocycles. The topological polar surface area (TPSA) is 58.8 Å². The number of hydrogen-bond acceptors (Lipinski definition) is 4. The molecular formula is C16H29N3O2. The number of carbonyl (C=O) groups excluding carboxylic acids is 1. The molecule has 120 valence electrons. The molecule has 1 amide bonds. The molecule has 1 atom stereocenters. The van der Waals surface area contributed by atoms with E-state index < -0.39 is 5.54 Å². The summed E-state index contributed by atoms with van der Waals surface area (Å²) in [6, 6.07) is 0. The maximum Gasteiger partial charge on any atom is 0.242 e. The van der Waals surface area contributed by atoms with E-state index in [2.05, 4.69) is 4.90 Å². The molecule has 0 radical (unpaired) electrons. The van der Waals surface area contributed by atoms with E-state index in [-0.39, 0.29) is 5.91 Å². The van der Waals surface area contributed by atoms with Gasteiger partial charge in [0, 0.05) is 32.8 Å². The summed E-state index contributed by atoms with van der Waals surface area (Å²) in [6.45, 7) is 5.65. The molecule has 3 rings (SSSR count). The Bertz CT molecular complexity index is 363. The van der Waals surface area contributed by atoms with Crippen molar-refractivity contribution in [1.82, 2.24) is 9.80 Å². The van der Waals surface area contributed by atoms with Crippen LogP contribution in [-0.4, -0.2) is 66.7 Å². The van der Waals surface area contributed by atoms with Crippen molar-refractivity contribution in [3.05, 3.63) is 0 Å². The maximum atomic E-state index is 12.7. The summed E-state index contributed by atoms with van der Waals surface area (Å²) in [5.41, 5.74) is 5.76. The molecule has 5 heteroatoms. The van der Waals surface area contributed by atoms with Gasteiger partial charge in [-0.25, -0.2) is 0 Å². The van der Waals surface area contributed by atoms with E-state index in [1.54, 1.807) is 0 Å². The molecule has 0 aromatic carbocycles. The Labute approximate surface area is 127 Å². The van der Waals surface area contributed by atoms with Gasteiger partial charge in [-0.15, -0.1) is 0 Å². The Balaban J connectivity index is 1.51. The van der Waals surface area contributed by atoms with E-state index in [9.17, 15) is 4.79 Å². The van der Waals surface area contributed by atoms with Gasteiger partial charge in [-0.1, -0.05) is 12.8 Å². The third-order valence-corrected chi connectivity index (χ3v) is 5.28. The lowest BCUT2D eigenvalue weighted by Crippen LogP contribution is -2.54. The zero-order valence-corrected chi connectivity index (χ0v) is 13.1. The molecule has 0 spiro atoms. The Kier molecular flexibility index (Phi) is 4.82. The fraction of sp³-hybridized carbons (Fsp3) is 0.938. The highest BCUT2D eigenvalue weighted by atomic mass is 16.5. The van der Waals surface area contributed by atoms with Crippen LogP contribution in [0, 0.1) is 0 Å². The van der Waals surface area contributed by atoms with E-state index in [0.717, 1.165) is 71.4 Å². The first-order chi connectivity index (χ1) is 10.2. The standard InChI is InChI=1S/C16H29N3O2/c17-16(6-1-2-7-16)15(20)19-9-4-8-18(10-11-19)13-14-5-3-12-21-14/h14H,1-13,17H2. The average Bonchev–Trinajstić information content (AvgIpc) is 3.08. The van der Waals surface area contributed by atoms with E-state index in [1.807, 2.05) is 4.90 Å². The van der Waals surface area contributed by atoms with Crippen molar-refractivity contribution in [2.45, 2.75) is 56.6 Å². The van der Waals surface area contributed by atoms with Crippen LogP contribution < -0.4 is 5.73 Å². The molecule has 2 saturated heterocycles. The van der Waals surface area contributed by atoms with Crippen molar-refractivity contribution in [3.63, 3.8) is 0 Å². The normalized spacial score (nSPS) is 30.5. The van der Waals surface area contributed by atoms with Gasteiger partial charge < -0.3 is 15.4 Å². The van der Waals surface area contributed by atoms with Gasteiger partial charge in [0.2, 0.25) is 5.91 Å². The lowest BCUT2D eigenvalue weighted by molar-refractivity contribution is -0.136. The largest absolute Gasteiger partial charge is 0.377 e. The van der Waals surface area contributed by atoms with Crippen LogP contribution in [0.3, 0.4) is 0 Å².